The van der Waals surface area contributed by atoms with Crippen molar-refractivity contribution in [2.75, 3.05) is 5.32 Å². The molecule has 1 heterocycles. The summed E-state index contributed by atoms with van der Waals surface area (Å²) in [6.07, 6.45) is 2.69. The Hall–Kier alpha value is -3.05. The normalized spacial score (nSPS) is 10.9. The van der Waals surface area contributed by atoms with E-state index in [0.29, 0.717) is 18.2 Å². The Balaban J connectivity index is 1.82. The fourth-order valence-corrected chi connectivity index (χ4v) is 2.94. The molecule has 3 rings (SSSR count). The molecule has 1 amide bonds. The summed E-state index contributed by atoms with van der Waals surface area (Å²) >= 11 is 0. The standard InChI is InChI=1S/C23H25N3O2/c1-16(2)12-20-23(26-22(28)13-17-6-4-3-5-7-17)24-14-21(25-20)19-10-8-18(15-27)9-11-19/h3-11,14,16,27H,12-13,15H2,1-2H3,(H,24,26,28). The Kier molecular flexibility index (Phi) is 6.50. The van der Waals surface area contributed by atoms with Gasteiger partial charge < -0.3 is 10.4 Å². The van der Waals surface area contributed by atoms with Crippen LogP contribution in [0.15, 0.2) is 60.8 Å². The van der Waals surface area contributed by atoms with Crippen LogP contribution >= 0.6 is 0 Å². The van der Waals surface area contributed by atoms with Gasteiger partial charge in [-0.2, -0.15) is 0 Å². The van der Waals surface area contributed by atoms with Crippen molar-refractivity contribution in [1.29, 1.82) is 0 Å². The van der Waals surface area contributed by atoms with Gasteiger partial charge in [0.2, 0.25) is 5.91 Å². The molecule has 0 fully saturated rings. The first-order valence-electron chi connectivity index (χ1n) is 9.45. The van der Waals surface area contributed by atoms with Gasteiger partial charge in [0.05, 0.1) is 30.6 Å². The zero-order valence-electron chi connectivity index (χ0n) is 16.2. The molecule has 2 aromatic carbocycles. The molecule has 5 heteroatoms. The van der Waals surface area contributed by atoms with Crippen LogP contribution in [0.4, 0.5) is 5.82 Å². The number of nitrogens with zero attached hydrogens (tertiary/aromatic N) is 2. The lowest BCUT2D eigenvalue weighted by Gasteiger charge is -2.13. The van der Waals surface area contributed by atoms with E-state index < -0.39 is 0 Å². The van der Waals surface area contributed by atoms with Crippen LogP contribution < -0.4 is 5.32 Å². The molecule has 0 aliphatic rings. The Bertz CT molecular complexity index is 922. The quantitative estimate of drug-likeness (QED) is 0.654. The van der Waals surface area contributed by atoms with Crippen LogP contribution in [-0.4, -0.2) is 21.0 Å². The van der Waals surface area contributed by atoms with Crippen molar-refractivity contribution < 1.29 is 9.90 Å². The Morgan fingerprint density at radius 1 is 1.04 bits per heavy atom. The summed E-state index contributed by atoms with van der Waals surface area (Å²) in [6.45, 7) is 4.23. The van der Waals surface area contributed by atoms with E-state index in [1.165, 1.54) is 0 Å². The first kappa shape index (κ1) is 19.7. The van der Waals surface area contributed by atoms with Crippen LogP contribution in [0.2, 0.25) is 0 Å². The molecule has 0 atom stereocenters. The van der Waals surface area contributed by atoms with Crippen molar-refractivity contribution in [3.05, 3.63) is 77.6 Å². The van der Waals surface area contributed by atoms with Gasteiger partial charge in [-0.25, -0.2) is 9.97 Å². The number of aliphatic hydroxyl groups is 1. The Morgan fingerprint density at radius 3 is 2.39 bits per heavy atom. The average Bonchev–Trinajstić information content (AvgIpc) is 2.70. The van der Waals surface area contributed by atoms with Gasteiger partial charge in [-0.05, 0) is 23.5 Å². The molecule has 0 radical (unpaired) electrons. The van der Waals surface area contributed by atoms with E-state index in [2.05, 4.69) is 24.1 Å². The Labute approximate surface area is 165 Å². The van der Waals surface area contributed by atoms with Crippen molar-refractivity contribution in [2.45, 2.75) is 33.3 Å². The number of carbonyl (C=O) groups is 1. The molecule has 0 saturated heterocycles. The monoisotopic (exact) mass is 375 g/mol. The van der Waals surface area contributed by atoms with Gasteiger partial charge >= 0.3 is 0 Å². The minimum Gasteiger partial charge on any atom is -0.392 e. The average molecular weight is 375 g/mol. The fraction of sp³-hybridized carbons (Fsp3) is 0.261. The highest BCUT2D eigenvalue weighted by Gasteiger charge is 2.14. The van der Waals surface area contributed by atoms with Crippen LogP contribution in [0.1, 0.15) is 30.7 Å². The van der Waals surface area contributed by atoms with Gasteiger partial charge in [-0.3, -0.25) is 4.79 Å². The third-order valence-electron chi connectivity index (χ3n) is 4.34. The van der Waals surface area contributed by atoms with Crippen LogP contribution in [0.5, 0.6) is 0 Å². The van der Waals surface area contributed by atoms with E-state index >= 15 is 0 Å². The van der Waals surface area contributed by atoms with Crippen molar-refractivity contribution in [3.63, 3.8) is 0 Å². The number of hydrogen-bond donors (Lipinski definition) is 2. The molecular weight excluding hydrogens is 350 g/mol. The maximum atomic E-state index is 12.4. The largest absolute Gasteiger partial charge is 0.392 e. The van der Waals surface area contributed by atoms with Gasteiger partial charge in [0.1, 0.15) is 0 Å². The predicted molar refractivity (Wildman–Crippen MR) is 111 cm³/mol. The maximum absolute atomic E-state index is 12.4. The van der Waals surface area contributed by atoms with E-state index in [4.69, 9.17) is 4.98 Å². The van der Waals surface area contributed by atoms with Crippen molar-refractivity contribution in [1.82, 2.24) is 9.97 Å². The van der Waals surface area contributed by atoms with Crippen LogP contribution in [0.3, 0.4) is 0 Å². The van der Waals surface area contributed by atoms with E-state index in [1.807, 2.05) is 54.6 Å². The molecule has 0 bridgehead atoms. The van der Waals surface area contributed by atoms with Gasteiger partial charge in [0, 0.05) is 5.56 Å². The fourth-order valence-electron chi connectivity index (χ4n) is 2.94. The molecule has 0 spiro atoms. The highest BCUT2D eigenvalue weighted by Crippen LogP contribution is 2.22. The number of benzene rings is 2. The SMILES string of the molecule is CC(C)Cc1nc(-c2ccc(CO)cc2)cnc1NC(=O)Cc1ccccc1. The summed E-state index contributed by atoms with van der Waals surface area (Å²) in [4.78, 5) is 21.7. The summed E-state index contributed by atoms with van der Waals surface area (Å²) in [7, 11) is 0. The van der Waals surface area contributed by atoms with Crippen molar-refractivity contribution in [2.24, 2.45) is 5.92 Å². The lowest BCUT2D eigenvalue weighted by Crippen LogP contribution is -2.18. The molecule has 28 heavy (non-hydrogen) atoms. The highest BCUT2D eigenvalue weighted by molar-refractivity contribution is 5.91. The van der Waals surface area contributed by atoms with E-state index in [0.717, 1.165) is 34.5 Å². The van der Waals surface area contributed by atoms with Gasteiger partial charge in [0.25, 0.3) is 0 Å². The number of anilines is 1. The number of rotatable bonds is 7. The molecule has 1 aromatic heterocycles. The second kappa shape index (κ2) is 9.24. The highest BCUT2D eigenvalue weighted by atomic mass is 16.3. The number of carbonyl (C=O) groups excluding carboxylic acids is 1. The van der Waals surface area contributed by atoms with Crippen LogP contribution in [0.25, 0.3) is 11.3 Å². The zero-order chi connectivity index (χ0) is 19.9. The smallest absolute Gasteiger partial charge is 0.229 e. The zero-order valence-corrected chi connectivity index (χ0v) is 16.2. The first-order chi connectivity index (χ1) is 13.5. The van der Waals surface area contributed by atoms with Crippen molar-refractivity contribution >= 4 is 11.7 Å². The molecular formula is C23H25N3O2. The van der Waals surface area contributed by atoms with Crippen LogP contribution in [0, 0.1) is 5.92 Å². The van der Waals surface area contributed by atoms with E-state index in [9.17, 15) is 9.90 Å². The number of aromatic nitrogens is 2. The summed E-state index contributed by atoms with van der Waals surface area (Å²) in [6, 6.07) is 17.2. The molecule has 0 aliphatic carbocycles. The molecule has 144 valence electrons. The lowest BCUT2D eigenvalue weighted by atomic mass is 10.1. The van der Waals surface area contributed by atoms with Gasteiger partial charge in [-0.15, -0.1) is 0 Å². The predicted octanol–water partition coefficient (Wildman–Crippen LogP) is 4.02. The number of aliphatic hydroxyl groups excluding tert-OH is 1. The molecule has 2 N–H and O–H groups in total. The maximum Gasteiger partial charge on any atom is 0.229 e. The third-order valence-corrected chi connectivity index (χ3v) is 4.34. The molecule has 0 saturated carbocycles. The lowest BCUT2D eigenvalue weighted by molar-refractivity contribution is -0.115. The third kappa shape index (κ3) is 5.24. The topological polar surface area (TPSA) is 75.1 Å². The number of amides is 1. The van der Waals surface area contributed by atoms with Gasteiger partial charge in [0.15, 0.2) is 5.82 Å². The number of hydrogen-bond acceptors (Lipinski definition) is 4. The molecule has 0 aliphatic heterocycles. The Morgan fingerprint density at radius 2 is 1.75 bits per heavy atom. The minimum atomic E-state index is -0.106. The number of nitrogens with one attached hydrogen (secondary N) is 1. The van der Waals surface area contributed by atoms with E-state index in [-0.39, 0.29) is 12.5 Å². The molecule has 0 unspecified atom stereocenters. The molecule has 5 nitrogen and oxygen atoms in total. The second-order valence-electron chi connectivity index (χ2n) is 7.21. The minimum absolute atomic E-state index is 0.0109. The van der Waals surface area contributed by atoms with E-state index in [1.54, 1.807) is 6.20 Å². The summed E-state index contributed by atoms with van der Waals surface area (Å²) in [5.41, 5.74) is 4.26. The summed E-state index contributed by atoms with van der Waals surface area (Å²) < 4.78 is 0. The summed E-state index contributed by atoms with van der Waals surface area (Å²) in [5, 5.41) is 12.1. The summed E-state index contributed by atoms with van der Waals surface area (Å²) in [5.74, 6) is 0.794. The van der Waals surface area contributed by atoms with Gasteiger partial charge in [-0.1, -0.05) is 68.4 Å². The van der Waals surface area contributed by atoms with Crippen molar-refractivity contribution in [3.8, 4) is 11.3 Å². The van der Waals surface area contributed by atoms with Crippen LogP contribution in [-0.2, 0) is 24.2 Å². The molecule has 3 aromatic rings. The first-order valence-corrected chi connectivity index (χ1v) is 9.45. The second-order valence-corrected chi connectivity index (χ2v) is 7.21.